The summed E-state index contributed by atoms with van der Waals surface area (Å²) < 4.78 is 0. The van der Waals surface area contributed by atoms with Gasteiger partial charge in [0.05, 0.1) is 12.1 Å². The summed E-state index contributed by atoms with van der Waals surface area (Å²) in [7, 11) is 0. The van der Waals surface area contributed by atoms with Crippen molar-refractivity contribution in [1.82, 2.24) is 10.6 Å². The summed E-state index contributed by atoms with van der Waals surface area (Å²) >= 11 is 0. The summed E-state index contributed by atoms with van der Waals surface area (Å²) in [6, 6.07) is -2.72. The van der Waals surface area contributed by atoms with Crippen LogP contribution in [0.25, 0.3) is 0 Å². The molecule has 0 saturated heterocycles. The second-order valence-corrected chi connectivity index (χ2v) is 6.34. The highest BCUT2D eigenvalue weighted by Gasteiger charge is 2.30. The summed E-state index contributed by atoms with van der Waals surface area (Å²) in [5.74, 6) is -1.23. The molecule has 0 aromatic heterocycles. The van der Waals surface area contributed by atoms with Crippen molar-refractivity contribution in [1.29, 1.82) is 0 Å². The molecular weight excluding hydrogens is 340 g/mol. The molecule has 10 nitrogen and oxygen atoms in total. The molecule has 9 N–H and O–H groups in total. The molecule has 0 heterocycles. The Morgan fingerprint density at radius 2 is 1.81 bits per heavy atom. The van der Waals surface area contributed by atoms with Gasteiger partial charge in [0.25, 0.3) is 0 Å². The number of nitrogens with two attached hydrogens (primary N) is 3. The Bertz CT molecular complexity index is 493. The number of nitrogens with zero attached hydrogens (tertiary/aromatic N) is 1. The number of aliphatic hydroxyl groups is 1. The third kappa shape index (κ3) is 8.77. The molecule has 2 amide bonds. The second-order valence-electron chi connectivity index (χ2n) is 6.34. The number of hydrogen-bond donors (Lipinski definition) is 6. The van der Waals surface area contributed by atoms with E-state index in [1.807, 2.05) is 6.92 Å². The Labute approximate surface area is 154 Å². The van der Waals surface area contributed by atoms with Crippen LogP contribution >= 0.6 is 0 Å². The summed E-state index contributed by atoms with van der Waals surface area (Å²) in [6.07, 6.45) is 0.901. The molecule has 0 rings (SSSR count). The van der Waals surface area contributed by atoms with Crippen LogP contribution in [0, 0.1) is 5.92 Å². The van der Waals surface area contributed by atoms with Crippen molar-refractivity contribution in [3.63, 3.8) is 0 Å². The Balaban J connectivity index is 4.83. The number of rotatable bonds is 12. The van der Waals surface area contributed by atoms with Gasteiger partial charge in [-0.15, -0.1) is 0 Å². The van der Waals surface area contributed by atoms with Crippen LogP contribution in [0.3, 0.4) is 0 Å². The number of aliphatic imine (C=N–C) groups is 1. The van der Waals surface area contributed by atoms with Gasteiger partial charge < -0.3 is 37.7 Å². The van der Waals surface area contributed by atoms with Crippen molar-refractivity contribution in [2.75, 3.05) is 6.54 Å². The minimum Gasteiger partial charge on any atom is -0.391 e. The van der Waals surface area contributed by atoms with E-state index in [0.717, 1.165) is 0 Å². The molecule has 0 bridgehead atoms. The lowest BCUT2D eigenvalue weighted by molar-refractivity contribution is -0.132. The molecule has 0 aliphatic carbocycles. The normalized spacial score (nSPS) is 16.5. The Hall–Kier alpha value is -2.20. The fourth-order valence-corrected chi connectivity index (χ4v) is 2.14. The number of carbonyl (C=O) groups excluding carboxylic acids is 3. The van der Waals surface area contributed by atoms with Crippen LogP contribution in [0.2, 0.25) is 0 Å². The topological polar surface area (TPSA) is 186 Å². The van der Waals surface area contributed by atoms with Crippen molar-refractivity contribution in [2.24, 2.45) is 28.1 Å². The molecule has 26 heavy (non-hydrogen) atoms. The third-order valence-electron chi connectivity index (χ3n) is 4.07. The Kier molecular flexibility index (Phi) is 11.2. The van der Waals surface area contributed by atoms with E-state index in [4.69, 9.17) is 17.2 Å². The van der Waals surface area contributed by atoms with Gasteiger partial charge in [-0.3, -0.25) is 14.6 Å². The van der Waals surface area contributed by atoms with E-state index in [1.165, 1.54) is 6.92 Å². The first-order valence-electron chi connectivity index (χ1n) is 8.69. The average molecular weight is 372 g/mol. The van der Waals surface area contributed by atoms with Crippen LogP contribution < -0.4 is 27.8 Å². The standard InChI is InChI=1S/C16H32N6O4/c1-4-9(2)13(15(26)21-12(8-23)10(3)24)22-14(25)11(17)6-5-7-20-16(18)19/h8-13,24H,4-7,17H2,1-3H3,(H,21,26)(H,22,25)(H4,18,19,20)/t9-,10-,11-,12+,13-/m0/s1. The second kappa shape index (κ2) is 12.2. The molecule has 0 saturated carbocycles. The summed E-state index contributed by atoms with van der Waals surface area (Å²) in [4.78, 5) is 39.5. The van der Waals surface area contributed by atoms with Crippen LogP contribution in [-0.2, 0) is 14.4 Å². The van der Waals surface area contributed by atoms with Crippen molar-refractivity contribution >= 4 is 24.1 Å². The maximum Gasteiger partial charge on any atom is 0.243 e. The molecule has 0 fully saturated rings. The monoisotopic (exact) mass is 372 g/mol. The van der Waals surface area contributed by atoms with Crippen LogP contribution in [0.15, 0.2) is 4.99 Å². The first-order valence-corrected chi connectivity index (χ1v) is 8.69. The van der Waals surface area contributed by atoms with Crippen LogP contribution in [0.5, 0.6) is 0 Å². The number of guanidine groups is 1. The minimum atomic E-state index is -1.04. The van der Waals surface area contributed by atoms with E-state index < -0.39 is 36.0 Å². The van der Waals surface area contributed by atoms with Crippen LogP contribution in [-0.4, -0.2) is 59.9 Å². The van der Waals surface area contributed by atoms with Crippen LogP contribution in [0.4, 0.5) is 0 Å². The predicted molar refractivity (Wildman–Crippen MR) is 98.9 cm³/mol. The average Bonchev–Trinajstić information content (AvgIpc) is 2.59. The highest BCUT2D eigenvalue weighted by atomic mass is 16.3. The highest BCUT2D eigenvalue weighted by Crippen LogP contribution is 2.09. The number of hydrogen-bond acceptors (Lipinski definition) is 6. The minimum absolute atomic E-state index is 0.0284. The first-order chi connectivity index (χ1) is 12.1. The molecule has 10 heteroatoms. The van der Waals surface area contributed by atoms with Crippen LogP contribution in [0.1, 0.15) is 40.0 Å². The lowest BCUT2D eigenvalue weighted by Gasteiger charge is -2.27. The molecule has 0 aromatic rings. The smallest absolute Gasteiger partial charge is 0.243 e. The first kappa shape index (κ1) is 23.8. The number of carbonyl (C=O) groups is 3. The predicted octanol–water partition coefficient (Wildman–Crippen LogP) is -2.04. The highest BCUT2D eigenvalue weighted by molar-refractivity contribution is 5.91. The summed E-state index contributed by atoms with van der Waals surface area (Å²) in [5.41, 5.74) is 16.3. The SMILES string of the molecule is CC[C@H](C)[C@H](NC(=O)[C@@H](N)CCCN=C(N)N)C(=O)N[C@H](C=O)[C@H](C)O. The zero-order valence-electron chi connectivity index (χ0n) is 15.6. The molecule has 0 spiro atoms. The molecule has 0 aliphatic heterocycles. The molecular formula is C16H32N6O4. The lowest BCUT2D eigenvalue weighted by atomic mass is 9.97. The lowest BCUT2D eigenvalue weighted by Crippen LogP contribution is -2.57. The molecule has 0 unspecified atom stereocenters. The van der Waals surface area contributed by atoms with Gasteiger partial charge in [-0.1, -0.05) is 20.3 Å². The van der Waals surface area contributed by atoms with Gasteiger partial charge in [0.2, 0.25) is 11.8 Å². The quantitative estimate of drug-likeness (QED) is 0.0985. The van der Waals surface area contributed by atoms with Gasteiger partial charge in [0.1, 0.15) is 18.4 Å². The van der Waals surface area contributed by atoms with Gasteiger partial charge in [-0.2, -0.15) is 0 Å². The summed E-state index contributed by atoms with van der Waals surface area (Å²) in [5, 5.41) is 14.5. The number of aliphatic hydroxyl groups excluding tert-OH is 1. The molecule has 0 radical (unpaired) electrons. The van der Waals surface area contributed by atoms with E-state index in [2.05, 4.69) is 15.6 Å². The van der Waals surface area contributed by atoms with E-state index >= 15 is 0 Å². The number of aldehydes is 1. The van der Waals surface area contributed by atoms with E-state index in [-0.39, 0.29) is 11.9 Å². The van der Waals surface area contributed by atoms with E-state index in [1.54, 1.807) is 6.92 Å². The Morgan fingerprint density at radius 1 is 1.19 bits per heavy atom. The van der Waals surface area contributed by atoms with Gasteiger partial charge >= 0.3 is 0 Å². The summed E-state index contributed by atoms with van der Waals surface area (Å²) in [6.45, 7) is 5.42. The van der Waals surface area contributed by atoms with E-state index in [9.17, 15) is 19.5 Å². The fourth-order valence-electron chi connectivity index (χ4n) is 2.14. The number of amides is 2. The maximum atomic E-state index is 12.4. The van der Waals surface area contributed by atoms with Crippen molar-refractivity contribution in [2.45, 2.75) is 64.3 Å². The zero-order chi connectivity index (χ0) is 20.3. The fraction of sp³-hybridized carbons (Fsp3) is 0.750. The molecule has 0 aliphatic rings. The van der Waals surface area contributed by atoms with E-state index in [0.29, 0.717) is 32.1 Å². The molecule has 150 valence electrons. The van der Waals surface area contributed by atoms with Gasteiger partial charge in [0, 0.05) is 6.54 Å². The maximum absolute atomic E-state index is 12.4. The van der Waals surface area contributed by atoms with Crippen molar-refractivity contribution < 1.29 is 19.5 Å². The molecule has 5 atom stereocenters. The third-order valence-corrected chi connectivity index (χ3v) is 4.07. The zero-order valence-corrected chi connectivity index (χ0v) is 15.6. The number of nitrogens with one attached hydrogen (secondary N) is 2. The largest absolute Gasteiger partial charge is 0.391 e. The van der Waals surface area contributed by atoms with Gasteiger partial charge in [-0.25, -0.2) is 0 Å². The Morgan fingerprint density at radius 3 is 2.27 bits per heavy atom. The molecule has 0 aromatic carbocycles. The van der Waals surface area contributed by atoms with Gasteiger partial charge in [-0.05, 0) is 25.7 Å². The van der Waals surface area contributed by atoms with Crippen molar-refractivity contribution in [3.05, 3.63) is 0 Å². The van der Waals surface area contributed by atoms with Crippen molar-refractivity contribution in [3.8, 4) is 0 Å². The van der Waals surface area contributed by atoms with Gasteiger partial charge in [0.15, 0.2) is 5.96 Å².